The zero-order valence-electron chi connectivity index (χ0n) is 9.57. The standard InChI is InChI=1S/C11H16N4/c1-11(2,3)9-8-5-7(12)6-13-10(8)14-15(9)4/h5-6H,12H2,1-4H3. The number of pyridine rings is 1. The molecule has 15 heavy (non-hydrogen) atoms. The number of nitrogen functional groups attached to an aromatic ring is 1. The molecule has 0 spiro atoms. The van der Waals surface area contributed by atoms with Crippen LogP contribution in [0.4, 0.5) is 5.69 Å². The Kier molecular flexibility index (Phi) is 1.96. The van der Waals surface area contributed by atoms with E-state index in [0.717, 1.165) is 16.7 Å². The quantitative estimate of drug-likeness (QED) is 0.712. The van der Waals surface area contributed by atoms with E-state index in [2.05, 4.69) is 30.9 Å². The first-order valence-corrected chi connectivity index (χ1v) is 4.98. The number of hydrogen-bond donors (Lipinski definition) is 1. The van der Waals surface area contributed by atoms with Crippen molar-refractivity contribution in [3.8, 4) is 0 Å². The normalized spacial score (nSPS) is 12.3. The number of nitrogens with two attached hydrogens (primary N) is 1. The minimum Gasteiger partial charge on any atom is -0.397 e. The Morgan fingerprint density at radius 2 is 2.00 bits per heavy atom. The summed E-state index contributed by atoms with van der Waals surface area (Å²) in [5.41, 5.74) is 8.39. The van der Waals surface area contributed by atoms with Crippen LogP contribution in [-0.4, -0.2) is 14.8 Å². The fourth-order valence-electron chi connectivity index (χ4n) is 1.98. The third-order valence-electron chi connectivity index (χ3n) is 2.42. The number of aryl methyl sites for hydroxylation is 1. The zero-order valence-corrected chi connectivity index (χ0v) is 9.57. The van der Waals surface area contributed by atoms with E-state index in [9.17, 15) is 0 Å². The van der Waals surface area contributed by atoms with Gasteiger partial charge >= 0.3 is 0 Å². The minimum absolute atomic E-state index is 0.0406. The lowest BCUT2D eigenvalue weighted by atomic mass is 9.90. The molecule has 0 aromatic carbocycles. The molecule has 0 saturated heterocycles. The average Bonchev–Trinajstić information content (AvgIpc) is 2.38. The van der Waals surface area contributed by atoms with Crippen molar-refractivity contribution >= 4 is 16.7 Å². The van der Waals surface area contributed by atoms with Crippen molar-refractivity contribution < 1.29 is 0 Å². The molecule has 0 atom stereocenters. The van der Waals surface area contributed by atoms with Gasteiger partial charge in [0.15, 0.2) is 5.65 Å². The van der Waals surface area contributed by atoms with Crippen LogP contribution in [0.1, 0.15) is 26.5 Å². The lowest BCUT2D eigenvalue weighted by molar-refractivity contribution is 0.528. The molecule has 80 valence electrons. The molecule has 0 aliphatic carbocycles. The number of aromatic nitrogens is 3. The largest absolute Gasteiger partial charge is 0.397 e. The average molecular weight is 204 g/mol. The third-order valence-corrected chi connectivity index (χ3v) is 2.42. The Hall–Kier alpha value is -1.58. The second-order valence-electron chi connectivity index (χ2n) is 4.86. The first-order valence-electron chi connectivity index (χ1n) is 4.98. The van der Waals surface area contributed by atoms with Gasteiger partial charge in [0.1, 0.15) is 0 Å². The molecule has 4 nitrogen and oxygen atoms in total. The van der Waals surface area contributed by atoms with Crippen LogP contribution >= 0.6 is 0 Å². The summed E-state index contributed by atoms with van der Waals surface area (Å²) in [5.74, 6) is 0. The molecule has 0 saturated carbocycles. The number of anilines is 1. The van der Waals surface area contributed by atoms with Crippen LogP contribution in [0.3, 0.4) is 0 Å². The van der Waals surface area contributed by atoms with Gasteiger partial charge in [-0.2, -0.15) is 5.10 Å². The van der Waals surface area contributed by atoms with Crippen LogP contribution in [0.5, 0.6) is 0 Å². The summed E-state index contributed by atoms with van der Waals surface area (Å²) in [5, 5.41) is 5.42. The maximum absolute atomic E-state index is 5.75. The summed E-state index contributed by atoms with van der Waals surface area (Å²) in [6, 6.07) is 1.94. The van der Waals surface area contributed by atoms with Crippen LogP contribution in [0.25, 0.3) is 11.0 Å². The van der Waals surface area contributed by atoms with E-state index in [4.69, 9.17) is 5.73 Å². The predicted molar refractivity (Wildman–Crippen MR) is 61.6 cm³/mol. The Balaban J connectivity index is 2.82. The molecule has 2 aromatic heterocycles. The van der Waals surface area contributed by atoms with Crippen molar-refractivity contribution in [2.75, 3.05) is 5.73 Å². The SMILES string of the molecule is Cn1nc2ncc(N)cc2c1C(C)(C)C. The molecule has 0 unspecified atom stereocenters. The van der Waals surface area contributed by atoms with E-state index in [0.29, 0.717) is 5.69 Å². The fourth-order valence-corrected chi connectivity index (χ4v) is 1.98. The molecule has 0 bridgehead atoms. The first-order chi connectivity index (χ1) is 6.89. The fraction of sp³-hybridized carbons (Fsp3) is 0.455. The van der Waals surface area contributed by atoms with Crippen LogP contribution in [0, 0.1) is 0 Å². The first kappa shape index (κ1) is 9.96. The van der Waals surface area contributed by atoms with Crippen molar-refractivity contribution in [2.24, 2.45) is 7.05 Å². The molecule has 2 heterocycles. The molecule has 2 rings (SSSR count). The van der Waals surface area contributed by atoms with Crippen molar-refractivity contribution in [3.05, 3.63) is 18.0 Å². The maximum atomic E-state index is 5.75. The van der Waals surface area contributed by atoms with Gasteiger partial charge in [-0.25, -0.2) is 4.98 Å². The summed E-state index contributed by atoms with van der Waals surface area (Å²) >= 11 is 0. The lowest BCUT2D eigenvalue weighted by Crippen LogP contribution is -2.16. The molecule has 2 aromatic rings. The molecule has 0 fully saturated rings. The van der Waals surface area contributed by atoms with Gasteiger partial charge in [0.2, 0.25) is 0 Å². The highest BCUT2D eigenvalue weighted by Crippen LogP contribution is 2.29. The molecular formula is C11H16N4. The summed E-state index contributed by atoms with van der Waals surface area (Å²) in [4.78, 5) is 4.22. The number of fused-ring (bicyclic) bond motifs is 1. The summed E-state index contributed by atoms with van der Waals surface area (Å²) < 4.78 is 1.89. The summed E-state index contributed by atoms with van der Waals surface area (Å²) in [6.07, 6.45) is 1.64. The molecular weight excluding hydrogens is 188 g/mol. The van der Waals surface area contributed by atoms with Gasteiger partial charge in [-0.1, -0.05) is 20.8 Å². The monoisotopic (exact) mass is 204 g/mol. The highest BCUT2D eigenvalue weighted by atomic mass is 15.3. The molecule has 4 heteroatoms. The minimum atomic E-state index is 0.0406. The maximum Gasteiger partial charge on any atom is 0.181 e. The lowest BCUT2D eigenvalue weighted by Gasteiger charge is -2.19. The second kappa shape index (κ2) is 2.95. The highest BCUT2D eigenvalue weighted by Gasteiger charge is 2.22. The highest BCUT2D eigenvalue weighted by molar-refractivity contribution is 5.81. The summed E-state index contributed by atoms with van der Waals surface area (Å²) in [7, 11) is 1.94. The van der Waals surface area contributed by atoms with Crippen molar-refractivity contribution in [1.82, 2.24) is 14.8 Å². The van der Waals surface area contributed by atoms with Gasteiger partial charge in [0, 0.05) is 17.8 Å². The Bertz CT molecular complexity index is 505. The van der Waals surface area contributed by atoms with E-state index >= 15 is 0 Å². The second-order valence-corrected chi connectivity index (χ2v) is 4.86. The topological polar surface area (TPSA) is 56.7 Å². The van der Waals surface area contributed by atoms with Crippen LogP contribution in [0.2, 0.25) is 0 Å². The number of hydrogen-bond acceptors (Lipinski definition) is 3. The molecule has 0 radical (unpaired) electrons. The summed E-state index contributed by atoms with van der Waals surface area (Å²) in [6.45, 7) is 6.48. The van der Waals surface area contributed by atoms with Crippen molar-refractivity contribution in [1.29, 1.82) is 0 Å². The Morgan fingerprint density at radius 1 is 1.33 bits per heavy atom. The number of nitrogens with zero attached hydrogens (tertiary/aromatic N) is 3. The molecule has 2 N–H and O–H groups in total. The van der Waals surface area contributed by atoms with E-state index < -0.39 is 0 Å². The van der Waals surface area contributed by atoms with Crippen LogP contribution in [-0.2, 0) is 12.5 Å². The van der Waals surface area contributed by atoms with Gasteiger partial charge < -0.3 is 5.73 Å². The van der Waals surface area contributed by atoms with Gasteiger partial charge in [0.25, 0.3) is 0 Å². The number of rotatable bonds is 0. The van der Waals surface area contributed by atoms with E-state index in [-0.39, 0.29) is 5.41 Å². The molecule has 0 aliphatic heterocycles. The zero-order chi connectivity index (χ0) is 11.2. The Morgan fingerprint density at radius 3 is 2.60 bits per heavy atom. The van der Waals surface area contributed by atoms with Crippen LogP contribution < -0.4 is 5.73 Å². The van der Waals surface area contributed by atoms with E-state index in [1.54, 1.807) is 6.20 Å². The van der Waals surface area contributed by atoms with Crippen molar-refractivity contribution in [3.63, 3.8) is 0 Å². The van der Waals surface area contributed by atoms with Crippen LogP contribution in [0.15, 0.2) is 12.3 Å². The van der Waals surface area contributed by atoms with Gasteiger partial charge in [0.05, 0.1) is 17.6 Å². The van der Waals surface area contributed by atoms with Gasteiger partial charge in [-0.3, -0.25) is 4.68 Å². The smallest absolute Gasteiger partial charge is 0.181 e. The van der Waals surface area contributed by atoms with E-state index in [1.165, 1.54) is 0 Å². The third kappa shape index (κ3) is 1.56. The molecule has 0 aliphatic rings. The Labute approximate surface area is 89.1 Å². The predicted octanol–water partition coefficient (Wildman–Crippen LogP) is 1.85. The van der Waals surface area contributed by atoms with E-state index in [1.807, 2.05) is 17.8 Å². The van der Waals surface area contributed by atoms with Crippen molar-refractivity contribution in [2.45, 2.75) is 26.2 Å². The van der Waals surface area contributed by atoms with Gasteiger partial charge in [-0.05, 0) is 6.07 Å². The van der Waals surface area contributed by atoms with Gasteiger partial charge in [-0.15, -0.1) is 0 Å². The molecule has 0 amide bonds.